The molecule has 0 spiro atoms. The average molecular weight is 833 g/mol. The third-order valence-electron chi connectivity index (χ3n) is 9.86. The second-order valence-corrected chi connectivity index (χ2v) is 15.8. The Hall–Kier alpha value is -5.48. The zero-order valence-electron chi connectivity index (χ0n) is 34.0. The highest BCUT2D eigenvalue weighted by Crippen LogP contribution is 2.40. The quantitative estimate of drug-likeness (QED) is 0.204. The highest BCUT2D eigenvalue weighted by Gasteiger charge is 2.39. The third kappa shape index (κ3) is 12.8. The molecule has 0 aromatic heterocycles. The number of aromatic hydroxyl groups is 1. The van der Waals surface area contributed by atoms with Crippen molar-refractivity contribution in [1.29, 1.82) is 0 Å². The van der Waals surface area contributed by atoms with E-state index in [9.17, 15) is 59.1 Å². The number of aliphatic carboxylic acids is 1. The van der Waals surface area contributed by atoms with Crippen molar-refractivity contribution in [3.63, 3.8) is 0 Å². The Morgan fingerprint density at radius 2 is 1.51 bits per heavy atom. The number of hydrogen-bond donors (Lipinski definition) is 7. The van der Waals surface area contributed by atoms with Gasteiger partial charge in [0.1, 0.15) is 17.5 Å². The van der Waals surface area contributed by atoms with E-state index in [-0.39, 0.29) is 35.3 Å². The number of carboxylic acids is 1. The van der Waals surface area contributed by atoms with Crippen molar-refractivity contribution in [2.75, 3.05) is 5.75 Å². The minimum absolute atomic E-state index is 0.00628. The standard InChI is InChI=1S/C44H52N2O12S/c1-22-12-10-8-9-11-13-34(51)46-37-41(55)30-19-27(6)40(54)36(35(30)42(56)43(37)59-21-31(44(57)58)45-28(7)47)39(53)26(5)18-25(4)38(52)24(3)15-17-29(48)16-14-23(2)33(50)20-32(22)49/h8-15,17-19,22,24-25,29,31-32,38,48-49,52,54H,16,20-21H2,1-7H3,(H,45,47)(H,46,51)(H,57,58)/b9-8-,12-10-,13-11-,17-15-,23-14-,26-18-/t22-,24-,25-,29-,31+,32-,38-/m0/s1. The fraction of sp³-hybridized carbons (Fsp3) is 0.386. The number of benzene rings is 1. The number of phenols is 1. The lowest BCUT2D eigenvalue weighted by atomic mass is 9.83. The van der Waals surface area contributed by atoms with Gasteiger partial charge in [-0.15, -0.1) is 11.8 Å². The van der Waals surface area contributed by atoms with Gasteiger partial charge >= 0.3 is 5.97 Å². The molecule has 7 atom stereocenters. The van der Waals surface area contributed by atoms with E-state index in [0.29, 0.717) is 17.3 Å². The summed E-state index contributed by atoms with van der Waals surface area (Å²) in [7, 11) is 0. The zero-order chi connectivity index (χ0) is 44.3. The van der Waals surface area contributed by atoms with Crippen LogP contribution in [0.25, 0.3) is 0 Å². The third-order valence-corrected chi connectivity index (χ3v) is 11.0. The molecule has 3 aliphatic rings. The molecule has 14 nitrogen and oxygen atoms in total. The van der Waals surface area contributed by atoms with Crippen LogP contribution in [0.5, 0.6) is 5.75 Å². The minimum Gasteiger partial charge on any atom is -0.507 e. The first-order valence-corrected chi connectivity index (χ1v) is 20.0. The van der Waals surface area contributed by atoms with Crippen molar-refractivity contribution in [3.05, 3.63) is 111 Å². The van der Waals surface area contributed by atoms with Gasteiger partial charge in [0.15, 0.2) is 11.6 Å². The van der Waals surface area contributed by atoms with Crippen LogP contribution in [-0.2, 0) is 19.2 Å². The molecular weight excluding hydrogens is 781 g/mol. The van der Waals surface area contributed by atoms with Crippen LogP contribution < -0.4 is 10.6 Å². The van der Waals surface area contributed by atoms with Gasteiger partial charge < -0.3 is 36.2 Å². The number of hydrogen-bond acceptors (Lipinski definition) is 12. The van der Waals surface area contributed by atoms with Gasteiger partial charge in [-0.1, -0.05) is 75.5 Å². The van der Waals surface area contributed by atoms with Crippen LogP contribution in [0, 0.1) is 24.7 Å². The van der Waals surface area contributed by atoms with Crippen LogP contribution in [-0.4, -0.2) is 96.6 Å². The molecule has 0 fully saturated rings. The Kier molecular flexibility index (Phi) is 17.5. The lowest BCUT2D eigenvalue weighted by molar-refractivity contribution is -0.140. The Bertz CT molecular complexity index is 2090. The Balaban J connectivity index is 2.19. The van der Waals surface area contributed by atoms with Crippen molar-refractivity contribution in [2.45, 2.75) is 85.7 Å². The predicted molar refractivity (Wildman–Crippen MR) is 223 cm³/mol. The molecule has 2 heterocycles. The summed E-state index contributed by atoms with van der Waals surface area (Å²) in [6, 6.07) is -0.315. The van der Waals surface area contributed by atoms with E-state index in [0.717, 1.165) is 13.0 Å². The molecule has 1 aliphatic carbocycles. The van der Waals surface area contributed by atoms with Crippen LogP contribution in [0.1, 0.15) is 91.0 Å². The average Bonchev–Trinajstić information content (AvgIpc) is 3.17. The summed E-state index contributed by atoms with van der Waals surface area (Å²) < 4.78 is 0. The fourth-order valence-corrected chi connectivity index (χ4v) is 7.32. The van der Waals surface area contributed by atoms with E-state index in [1.54, 1.807) is 58.1 Å². The van der Waals surface area contributed by atoms with Gasteiger partial charge in [-0.05, 0) is 50.0 Å². The van der Waals surface area contributed by atoms with E-state index >= 15 is 0 Å². The van der Waals surface area contributed by atoms with Crippen LogP contribution in [0.4, 0.5) is 0 Å². The number of nitrogens with one attached hydrogen (secondary N) is 2. The minimum atomic E-state index is -1.52. The van der Waals surface area contributed by atoms with Gasteiger partial charge in [-0.3, -0.25) is 28.8 Å². The molecule has 2 amide bonds. The number of carbonyl (C=O) groups is 7. The maximum absolute atomic E-state index is 14.4. The molecule has 0 saturated carbocycles. The summed E-state index contributed by atoms with van der Waals surface area (Å²) in [5.74, 6) is -8.71. The number of allylic oxidation sites excluding steroid dienone is 8. The number of thioether (sulfide) groups is 1. The van der Waals surface area contributed by atoms with Gasteiger partial charge in [0.25, 0.3) is 0 Å². The second-order valence-electron chi connectivity index (χ2n) is 14.7. The van der Waals surface area contributed by atoms with Crippen molar-refractivity contribution in [1.82, 2.24) is 10.6 Å². The number of ketones is 4. The molecular formula is C44H52N2O12S. The molecule has 0 unspecified atom stereocenters. The van der Waals surface area contributed by atoms with Gasteiger partial charge in [0.05, 0.1) is 28.8 Å². The topological polar surface area (TPSA) is 245 Å². The van der Waals surface area contributed by atoms with Crippen molar-refractivity contribution < 1.29 is 59.1 Å². The lowest BCUT2D eigenvalue weighted by Crippen LogP contribution is -2.42. The number of aliphatic hydroxyl groups is 3. The van der Waals surface area contributed by atoms with Gasteiger partial charge in [0.2, 0.25) is 23.4 Å². The lowest BCUT2D eigenvalue weighted by Gasteiger charge is -2.25. The number of aryl methyl sites for hydroxylation is 1. The normalized spacial score (nSPS) is 28.7. The summed E-state index contributed by atoms with van der Waals surface area (Å²) in [5.41, 5.74) is -1.35. The number of carbonyl (C=O) groups excluding carboxylic acids is 6. The van der Waals surface area contributed by atoms with E-state index in [1.807, 2.05) is 0 Å². The Morgan fingerprint density at radius 1 is 0.847 bits per heavy atom. The first kappa shape index (κ1) is 47.9. The largest absolute Gasteiger partial charge is 0.507 e. The summed E-state index contributed by atoms with van der Waals surface area (Å²) in [6.07, 6.45) is 11.6. The SMILES string of the molecule is CC(=O)N[C@H](CSC1=C2NC(=O)\C=C/C=C\C=C/[C@H](C)[C@@H](O)CC(=O)/C(C)=C\C[C@H](O)/C=C\[C@H](C)[C@H](O)[C@@H](C)/C=C(/C)C(=O)c3c(O)c(C)cc(c3C1=O)C2=O)C(=O)O. The molecule has 2 aliphatic heterocycles. The molecule has 15 heteroatoms. The second kappa shape index (κ2) is 21.5. The van der Waals surface area contributed by atoms with Crippen LogP contribution in [0.2, 0.25) is 0 Å². The van der Waals surface area contributed by atoms with Crippen LogP contribution >= 0.6 is 11.8 Å². The van der Waals surface area contributed by atoms with Crippen molar-refractivity contribution in [3.8, 4) is 5.75 Å². The molecule has 4 bridgehead atoms. The molecule has 1 aromatic rings. The maximum Gasteiger partial charge on any atom is 0.327 e. The van der Waals surface area contributed by atoms with E-state index < -0.39 is 110 Å². The Morgan fingerprint density at radius 3 is 2.15 bits per heavy atom. The van der Waals surface area contributed by atoms with Crippen molar-refractivity contribution in [2.24, 2.45) is 17.8 Å². The van der Waals surface area contributed by atoms with Gasteiger partial charge in [0, 0.05) is 54.1 Å². The van der Waals surface area contributed by atoms with Crippen LogP contribution in [0.15, 0.2) is 88.6 Å². The van der Waals surface area contributed by atoms with E-state index in [1.165, 1.54) is 44.2 Å². The molecule has 7 N–H and O–H groups in total. The summed E-state index contributed by atoms with van der Waals surface area (Å²) in [4.78, 5) is 92.0. The van der Waals surface area contributed by atoms with Gasteiger partial charge in [-0.2, -0.15) is 0 Å². The number of carboxylic acid groups (broad SMARTS) is 1. The number of amides is 2. The first-order chi connectivity index (χ1) is 27.7. The van der Waals surface area contributed by atoms with Crippen LogP contribution in [0.3, 0.4) is 0 Å². The number of rotatable bonds is 5. The van der Waals surface area contributed by atoms with Gasteiger partial charge in [-0.25, -0.2) is 4.79 Å². The first-order valence-electron chi connectivity index (χ1n) is 19.0. The summed E-state index contributed by atoms with van der Waals surface area (Å²) >= 11 is 0.556. The number of aliphatic hydroxyl groups excluding tert-OH is 3. The summed E-state index contributed by atoms with van der Waals surface area (Å²) in [6.45, 7) is 10.6. The highest BCUT2D eigenvalue weighted by atomic mass is 32.2. The maximum atomic E-state index is 14.4. The monoisotopic (exact) mass is 832 g/mol. The molecule has 0 radical (unpaired) electrons. The molecule has 1 aromatic carbocycles. The zero-order valence-corrected chi connectivity index (χ0v) is 34.8. The number of Topliss-reactive ketones (excluding diaryl/α,β-unsaturated/α-hetero) is 4. The predicted octanol–water partition coefficient (Wildman–Crippen LogP) is 4.38. The number of fused-ring (bicyclic) bond motifs is 18. The fourth-order valence-electron chi connectivity index (χ4n) is 6.24. The van der Waals surface area contributed by atoms with E-state index in [2.05, 4.69) is 10.6 Å². The molecule has 316 valence electrons. The number of phenolic OH excluding ortho intramolecular Hbond substituents is 1. The molecule has 59 heavy (non-hydrogen) atoms. The smallest absolute Gasteiger partial charge is 0.327 e. The summed E-state index contributed by atoms with van der Waals surface area (Å²) in [5, 5.41) is 58.0. The Labute approximate surface area is 347 Å². The molecule has 0 saturated heterocycles. The molecule has 4 rings (SSSR count). The van der Waals surface area contributed by atoms with E-state index in [4.69, 9.17) is 0 Å². The van der Waals surface area contributed by atoms with Crippen molar-refractivity contribution >= 4 is 52.7 Å². The highest BCUT2D eigenvalue weighted by molar-refractivity contribution is 8.04.